The molecular weight excluding hydrogens is 328 g/mol. The van der Waals surface area contributed by atoms with Gasteiger partial charge < -0.3 is 0 Å². The van der Waals surface area contributed by atoms with Crippen molar-refractivity contribution in [1.29, 1.82) is 0 Å². The third-order valence-electron chi connectivity index (χ3n) is 3.22. The molecule has 1 unspecified atom stereocenters. The van der Waals surface area contributed by atoms with Gasteiger partial charge in [-0.1, -0.05) is 44.2 Å². The van der Waals surface area contributed by atoms with Crippen LogP contribution in [0.4, 0.5) is 0 Å². The predicted octanol–water partition coefficient (Wildman–Crippen LogP) is 6.08. The summed E-state index contributed by atoms with van der Waals surface area (Å²) < 4.78 is 1.12. The highest BCUT2D eigenvalue weighted by Crippen LogP contribution is 2.46. The average Bonchev–Trinajstić information content (AvgIpc) is 2.68. The van der Waals surface area contributed by atoms with E-state index >= 15 is 0 Å². The Kier molecular flexibility index (Phi) is 4.20. The minimum Gasteiger partial charge on any atom is -0.143 e. The van der Waals surface area contributed by atoms with Gasteiger partial charge in [0, 0.05) is 19.6 Å². The van der Waals surface area contributed by atoms with Crippen molar-refractivity contribution < 1.29 is 0 Å². The van der Waals surface area contributed by atoms with Gasteiger partial charge in [-0.25, -0.2) is 0 Å². The maximum absolute atomic E-state index is 6.73. The van der Waals surface area contributed by atoms with E-state index in [9.17, 15) is 0 Å². The van der Waals surface area contributed by atoms with E-state index in [4.69, 9.17) is 11.6 Å². The number of alkyl halides is 1. The molecular formula is C15H16BrClS. The molecule has 0 bridgehead atoms. The van der Waals surface area contributed by atoms with E-state index in [0.29, 0.717) is 0 Å². The van der Waals surface area contributed by atoms with Crippen LogP contribution in [-0.2, 0) is 5.41 Å². The van der Waals surface area contributed by atoms with Crippen LogP contribution in [0.25, 0.3) is 0 Å². The van der Waals surface area contributed by atoms with Gasteiger partial charge in [0.15, 0.2) is 0 Å². The maximum Gasteiger partial charge on any atom is 0.0781 e. The van der Waals surface area contributed by atoms with Crippen molar-refractivity contribution in [2.45, 2.75) is 31.6 Å². The Bertz CT molecular complexity index is 531. The molecule has 0 saturated carbocycles. The number of rotatable bonds is 3. The fraction of sp³-hybridized carbons (Fsp3) is 0.333. The van der Waals surface area contributed by atoms with Gasteiger partial charge >= 0.3 is 0 Å². The SMILES string of the molecule is Cc1cc(Br)c(C(Cl)C(C)(C)c2ccccc2)s1. The number of thiophene rings is 1. The first-order valence-electron chi connectivity index (χ1n) is 5.88. The molecule has 18 heavy (non-hydrogen) atoms. The minimum atomic E-state index is -0.0946. The molecule has 0 amide bonds. The Morgan fingerprint density at radius 1 is 1.22 bits per heavy atom. The summed E-state index contributed by atoms with van der Waals surface area (Å²) >= 11 is 12.1. The molecule has 0 N–H and O–H groups in total. The van der Waals surface area contributed by atoms with Gasteiger partial charge in [0.05, 0.1) is 5.38 Å². The standard InChI is InChI=1S/C15H16BrClS/c1-10-9-12(16)13(18-10)14(17)15(2,3)11-7-5-4-6-8-11/h4-9,14H,1-3H3. The number of benzene rings is 1. The Balaban J connectivity index is 2.39. The van der Waals surface area contributed by atoms with Crippen LogP contribution >= 0.6 is 38.9 Å². The number of halogens is 2. The zero-order valence-electron chi connectivity index (χ0n) is 10.7. The molecule has 0 fully saturated rings. The summed E-state index contributed by atoms with van der Waals surface area (Å²) in [6.45, 7) is 6.50. The number of aryl methyl sites for hydroxylation is 1. The fourth-order valence-corrected chi connectivity index (χ4v) is 4.57. The summed E-state index contributed by atoms with van der Waals surface area (Å²) in [6, 6.07) is 12.6. The van der Waals surface area contributed by atoms with E-state index in [2.05, 4.69) is 67.0 Å². The molecule has 2 aromatic rings. The topological polar surface area (TPSA) is 0 Å². The van der Waals surface area contributed by atoms with Crippen LogP contribution < -0.4 is 0 Å². The molecule has 3 heteroatoms. The lowest BCUT2D eigenvalue weighted by atomic mass is 9.80. The smallest absolute Gasteiger partial charge is 0.0781 e. The second-order valence-electron chi connectivity index (χ2n) is 5.02. The lowest BCUT2D eigenvalue weighted by molar-refractivity contribution is 0.508. The van der Waals surface area contributed by atoms with E-state index in [0.717, 1.165) is 4.47 Å². The van der Waals surface area contributed by atoms with Crippen molar-refractivity contribution in [3.8, 4) is 0 Å². The molecule has 0 nitrogen and oxygen atoms in total. The van der Waals surface area contributed by atoms with Gasteiger partial charge in [0.1, 0.15) is 0 Å². The second kappa shape index (κ2) is 5.36. The average molecular weight is 344 g/mol. The Morgan fingerprint density at radius 3 is 2.33 bits per heavy atom. The number of hydrogen-bond donors (Lipinski definition) is 0. The highest BCUT2D eigenvalue weighted by atomic mass is 79.9. The molecule has 1 aromatic heterocycles. The first-order valence-corrected chi connectivity index (χ1v) is 7.93. The van der Waals surface area contributed by atoms with Crippen molar-refractivity contribution in [3.63, 3.8) is 0 Å². The van der Waals surface area contributed by atoms with Crippen molar-refractivity contribution in [1.82, 2.24) is 0 Å². The molecule has 1 heterocycles. The third-order valence-corrected chi connectivity index (χ3v) is 6.14. The van der Waals surface area contributed by atoms with E-state index in [-0.39, 0.29) is 10.8 Å². The van der Waals surface area contributed by atoms with Crippen LogP contribution in [-0.4, -0.2) is 0 Å². The van der Waals surface area contributed by atoms with Gasteiger partial charge in [-0.2, -0.15) is 0 Å². The summed E-state index contributed by atoms with van der Waals surface area (Å²) in [7, 11) is 0. The molecule has 0 saturated heterocycles. The summed E-state index contributed by atoms with van der Waals surface area (Å²) in [5.41, 5.74) is 1.17. The molecule has 0 aliphatic rings. The van der Waals surface area contributed by atoms with E-state index in [1.165, 1.54) is 15.3 Å². The molecule has 0 aliphatic heterocycles. The van der Waals surface area contributed by atoms with Crippen molar-refractivity contribution >= 4 is 38.9 Å². The summed E-state index contributed by atoms with van der Waals surface area (Å²) in [6.07, 6.45) is 0. The largest absolute Gasteiger partial charge is 0.143 e. The summed E-state index contributed by atoms with van der Waals surface area (Å²) in [5, 5.41) is -0.0343. The summed E-state index contributed by atoms with van der Waals surface area (Å²) in [4.78, 5) is 2.49. The molecule has 1 aromatic carbocycles. The van der Waals surface area contributed by atoms with Crippen LogP contribution in [0.3, 0.4) is 0 Å². The highest BCUT2D eigenvalue weighted by molar-refractivity contribution is 9.10. The van der Waals surface area contributed by atoms with Gasteiger partial charge in [0.2, 0.25) is 0 Å². The molecule has 0 spiro atoms. The van der Waals surface area contributed by atoms with Gasteiger partial charge in [-0.15, -0.1) is 22.9 Å². The van der Waals surface area contributed by atoms with Gasteiger partial charge in [0.25, 0.3) is 0 Å². The normalized spacial score (nSPS) is 13.6. The van der Waals surface area contributed by atoms with E-state index in [1.807, 2.05) is 6.07 Å². The third kappa shape index (κ3) is 2.66. The number of hydrogen-bond acceptors (Lipinski definition) is 1. The maximum atomic E-state index is 6.73. The lowest BCUT2D eigenvalue weighted by Gasteiger charge is -2.30. The van der Waals surface area contributed by atoms with Crippen LogP contribution in [0, 0.1) is 6.92 Å². The minimum absolute atomic E-state index is 0.0343. The molecule has 0 aliphatic carbocycles. The fourth-order valence-electron chi connectivity index (χ4n) is 2.02. The zero-order valence-corrected chi connectivity index (χ0v) is 13.9. The first-order chi connectivity index (χ1) is 8.43. The van der Waals surface area contributed by atoms with Gasteiger partial charge in [-0.3, -0.25) is 0 Å². The van der Waals surface area contributed by atoms with E-state index in [1.54, 1.807) is 11.3 Å². The van der Waals surface area contributed by atoms with E-state index < -0.39 is 0 Å². The first kappa shape index (κ1) is 14.1. The molecule has 2 rings (SSSR count). The summed E-state index contributed by atoms with van der Waals surface area (Å²) in [5.74, 6) is 0. The molecule has 96 valence electrons. The predicted molar refractivity (Wildman–Crippen MR) is 84.8 cm³/mol. The quantitative estimate of drug-likeness (QED) is 0.593. The van der Waals surface area contributed by atoms with Gasteiger partial charge in [-0.05, 0) is 34.5 Å². The Hall–Kier alpha value is -0.310. The van der Waals surface area contributed by atoms with Crippen LogP contribution in [0.15, 0.2) is 40.9 Å². The Morgan fingerprint density at radius 2 is 1.83 bits per heavy atom. The molecule has 0 radical (unpaired) electrons. The van der Waals surface area contributed by atoms with Crippen molar-refractivity contribution in [2.75, 3.05) is 0 Å². The molecule has 1 atom stereocenters. The van der Waals surface area contributed by atoms with Crippen molar-refractivity contribution in [3.05, 3.63) is 56.2 Å². The van der Waals surface area contributed by atoms with Crippen molar-refractivity contribution in [2.24, 2.45) is 0 Å². The van der Waals surface area contributed by atoms with Crippen LogP contribution in [0.2, 0.25) is 0 Å². The second-order valence-corrected chi connectivity index (χ2v) is 7.60. The highest BCUT2D eigenvalue weighted by Gasteiger charge is 2.33. The van der Waals surface area contributed by atoms with Crippen LogP contribution in [0.1, 0.15) is 34.5 Å². The zero-order chi connectivity index (χ0) is 13.3. The van der Waals surface area contributed by atoms with Crippen LogP contribution in [0.5, 0.6) is 0 Å². The lowest BCUT2D eigenvalue weighted by Crippen LogP contribution is -2.22. The Labute approximate surface area is 126 Å². The monoisotopic (exact) mass is 342 g/mol.